The van der Waals surface area contributed by atoms with Gasteiger partial charge in [0.15, 0.2) is 0 Å². The molecule has 3 aromatic carbocycles. The van der Waals surface area contributed by atoms with Gasteiger partial charge in [0.1, 0.15) is 16.4 Å². The van der Waals surface area contributed by atoms with Gasteiger partial charge < -0.3 is 15.0 Å². The number of hydrogen-bond acceptors (Lipinski definition) is 6. The van der Waals surface area contributed by atoms with Crippen molar-refractivity contribution in [2.75, 3.05) is 12.0 Å². The van der Waals surface area contributed by atoms with Crippen LogP contribution in [0.1, 0.15) is 33.9 Å². The van der Waals surface area contributed by atoms with Gasteiger partial charge >= 0.3 is 0 Å². The molecule has 1 aliphatic heterocycles. The fraction of sp³-hybridized carbons (Fsp3) is 0.200. The van der Waals surface area contributed by atoms with Gasteiger partial charge in [-0.2, -0.15) is 5.10 Å². The summed E-state index contributed by atoms with van der Waals surface area (Å²) in [4.78, 5) is 33.6. The van der Waals surface area contributed by atoms with Crippen LogP contribution in [0.5, 0.6) is 5.75 Å². The zero-order valence-corrected chi connectivity index (χ0v) is 22.9. The highest BCUT2D eigenvalue weighted by Gasteiger charge is 2.48. The van der Waals surface area contributed by atoms with E-state index in [1.165, 1.54) is 23.5 Å². The Hall–Kier alpha value is -4.57. The van der Waals surface area contributed by atoms with E-state index in [1.54, 1.807) is 47.5 Å². The zero-order valence-electron chi connectivity index (χ0n) is 22.0. The predicted molar refractivity (Wildman–Crippen MR) is 152 cm³/mol. The molecule has 0 radical (unpaired) electrons. The second-order valence-electron chi connectivity index (χ2n) is 9.76. The Morgan fingerprint density at radius 3 is 2.45 bits per heavy atom. The number of ether oxygens (including phenoxy) is 1. The normalized spacial score (nSPS) is 18.9. The van der Waals surface area contributed by atoms with Crippen LogP contribution in [0.15, 0.2) is 78.4 Å². The van der Waals surface area contributed by atoms with Gasteiger partial charge in [-0.1, -0.05) is 19.1 Å². The van der Waals surface area contributed by atoms with Crippen molar-refractivity contribution in [2.24, 2.45) is 5.92 Å². The summed E-state index contributed by atoms with van der Waals surface area (Å²) in [6, 6.07) is 18.4. The van der Waals surface area contributed by atoms with Crippen molar-refractivity contribution in [3.63, 3.8) is 0 Å². The SMILES string of the molecule is COc1ccc(C2[C@@H](NC(=O)c3scnc3C)[C@H](C)C(=O)N2c2ccc3c(cnn3-c3ccc(F)cc3)c2)cc1. The van der Waals surface area contributed by atoms with Crippen LogP contribution in [0.2, 0.25) is 0 Å². The lowest BCUT2D eigenvalue weighted by molar-refractivity contribution is -0.120. The third-order valence-corrected chi connectivity index (χ3v) is 8.32. The molecule has 5 aromatic rings. The fourth-order valence-electron chi connectivity index (χ4n) is 5.29. The molecule has 0 aliphatic carbocycles. The van der Waals surface area contributed by atoms with E-state index in [1.807, 2.05) is 49.4 Å². The van der Waals surface area contributed by atoms with Crippen LogP contribution in [0, 0.1) is 18.7 Å². The van der Waals surface area contributed by atoms with Gasteiger partial charge in [0, 0.05) is 11.1 Å². The van der Waals surface area contributed by atoms with E-state index < -0.39 is 18.0 Å². The van der Waals surface area contributed by atoms with Crippen molar-refractivity contribution in [1.29, 1.82) is 0 Å². The number of aryl methyl sites for hydroxylation is 1. The maximum Gasteiger partial charge on any atom is 0.263 e. The second-order valence-corrected chi connectivity index (χ2v) is 10.6. The number of rotatable bonds is 6. The maximum absolute atomic E-state index is 13.8. The summed E-state index contributed by atoms with van der Waals surface area (Å²) in [5, 5.41) is 8.46. The highest BCUT2D eigenvalue weighted by Crippen LogP contribution is 2.42. The molecule has 3 atom stereocenters. The summed E-state index contributed by atoms with van der Waals surface area (Å²) in [5.74, 6) is -0.454. The molecule has 202 valence electrons. The van der Waals surface area contributed by atoms with Gasteiger partial charge in [0.2, 0.25) is 5.91 Å². The van der Waals surface area contributed by atoms with Gasteiger partial charge in [-0.05, 0) is 67.1 Å². The number of carbonyl (C=O) groups is 2. The molecule has 6 rings (SSSR count). The Kier molecular flexibility index (Phi) is 6.55. The van der Waals surface area contributed by atoms with Crippen molar-refractivity contribution >= 4 is 39.7 Å². The molecule has 0 bridgehead atoms. The Balaban J connectivity index is 1.41. The predicted octanol–water partition coefficient (Wildman–Crippen LogP) is 5.46. The Morgan fingerprint density at radius 2 is 1.77 bits per heavy atom. The number of nitrogens with one attached hydrogen (secondary N) is 1. The van der Waals surface area contributed by atoms with E-state index >= 15 is 0 Å². The lowest BCUT2D eigenvalue weighted by Gasteiger charge is -2.29. The number of carbonyl (C=O) groups excluding carboxylic acids is 2. The molecule has 8 nitrogen and oxygen atoms in total. The van der Waals surface area contributed by atoms with Crippen LogP contribution >= 0.6 is 11.3 Å². The fourth-order valence-corrected chi connectivity index (χ4v) is 5.99. The van der Waals surface area contributed by atoms with Gasteiger partial charge in [-0.3, -0.25) is 9.59 Å². The number of fused-ring (bicyclic) bond motifs is 1. The molecule has 1 aliphatic rings. The molecule has 1 unspecified atom stereocenters. The quantitative estimate of drug-likeness (QED) is 0.301. The highest BCUT2D eigenvalue weighted by atomic mass is 32.1. The molecular weight excluding hydrogens is 529 g/mol. The second kappa shape index (κ2) is 10.2. The Morgan fingerprint density at radius 1 is 1.05 bits per heavy atom. The summed E-state index contributed by atoms with van der Waals surface area (Å²) in [5.41, 5.74) is 5.40. The minimum atomic E-state index is -0.493. The third-order valence-electron chi connectivity index (χ3n) is 7.39. The highest BCUT2D eigenvalue weighted by molar-refractivity contribution is 7.11. The lowest BCUT2D eigenvalue weighted by Crippen LogP contribution is -2.42. The molecule has 3 heterocycles. The van der Waals surface area contributed by atoms with E-state index in [-0.39, 0.29) is 17.6 Å². The van der Waals surface area contributed by atoms with Gasteiger partial charge in [-0.25, -0.2) is 14.1 Å². The van der Waals surface area contributed by atoms with Crippen LogP contribution in [0.3, 0.4) is 0 Å². The first kappa shape index (κ1) is 25.7. The van der Waals surface area contributed by atoms with Crippen molar-refractivity contribution in [1.82, 2.24) is 20.1 Å². The topological polar surface area (TPSA) is 89.3 Å². The summed E-state index contributed by atoms with van der Waals surface area (Å²) < 4.78 is 20.5. The summed E-state index contributed by atoms with van der Waals surface area (Å²) in [7, 11) is 1.60. The van der Waals surface area contributed by atoms with Crippen LogP contribution < -0.4 is 15.0 Å². The number of amides is 2. The first-order valence-electron chi connectivity index (χ1n) is 12.8. The number of anilines is 1. The summed E-state index contributed by atoms with van der Waals surface area (Å²) >= 11 is 1.28. The molecule has 1 fully saturated rings. The van der Waals surface area contributed by atoms with E-state index in [9.17, 15) is 14.0 Å². The molecular formula is C30H26FN5O3S. The van der Waals surface area contributed by atoms with E-state index in [4.69, 9.17) is 4.74 Å². The van der Waals surface area contributed by atoms with Gasteiger partial charge in [-0.15, -0.1) is 11.3 Å². The molecule has 10 heteroatoms. The molecule has 1 N–H and O–H groups in total. The van der Waals surface area contributed by atoms with Crippen LogP contribution in [0.25, 0.3) is 16.6 Å². The number of hydrogen-bond donors (Lipinski definition) is 1. The molecule has 0 spiro atoms. The summed E-state index contributed by atoms with van der Waals surface area (Å²) in [6.45, 7) is 3.64. The molecule has 2 aromatic heterocycles. The standard InChI is InChI=1S/C30H26FN5O3S/c1-17-26(34-29(37)28-18(2)32-16-40-28)27(19-4-11-24(39-3)12-5-19)35(30(17)38)23-10-13-25-20(14-23)15-33-36(25)22-8-6-21(31)7-9-22/h4-17,26-27H,1-3H3,(H,34,37)/t17-,26-,27?/m0/s1. The number of methoxy groups -OCH3 is 1. The van der Waals surface area contributed by atoms with Crippen LogP contribution in [-0.4, -0.2) is 39.7 Å². The maximum atomic E-state index is 13.8. The average molecular weight is 556 g/mol. The van der Waals surface area contributed by atoms with Crippen molar-refractivity contribution < 1.29 is 18.7 Å². The number of thiazole rings is 1. The van der Waals surface area contributed by atoms with E-state index in [2.05, 4.69) is 15.4 Å². The minimum absolute atomic E-state index is 0.0996. The zero-order chi connectivity index (χ0) is 28.0. The Labute approximate surface area is 234 Å². The van der Waals surface area contributed by atoms with E-state index in [0.29, 0.717) is 22.0 Å². The van der Waals surface area contributed by atoms with E-state index in [0.717, 1.165) is 22.2 Å². The van der Waals surface area contributed by atoms with Crippen molar-refractivity contribution in [3.8, 4) is 11.4 Å². The van der Waals surface area contributed by atoms with Crippen molar-refractivity contribution in [3.05, 3.63) is 100 Å². The largest absolute Gasteiger partial charge is 0.497 e. The number of nitrogens with zero attached hydrogens (tertiary/aromatic N) is 4. The molecule has 40 heavy (non-hydrogen) atoms. The van der Waals surface area contributed by atoms with Crippen LogP contribution in [0.4, 0.5) is 10.1 Å². The smallest absolute Gasteiger partial charge is 0.263 e. The molecule has 1 saturated heterocycles. The first-order chi connectivity index (χ1) is 19.4. The number of halogens is 1. The number of benzene rings is 3. The Bertz CT molecular complexity index is 1710. The van der Waals surface area contributed by atoms with Crippen molar-refractivity contribution in [2.45, 2.75) is 25.9 Å². The minimum Gasteiger partial charge on any atom is -0.497 e. The third kappa shape index (κ3) is 4.40. The first-order valence-corrected chi connectivity index (χ1v) is 13.7. The summed E-state index contributed by atoms with van der Waals surface area (Å²) in [6.07, 6.45) is 1.72. The van der Waals surface area contributed by atoms with Gasteiger partial charge in [0.05, 0.1) is 53.7 Å². The monoisotopic (exact) mass is 555 g/mol. The molecule has 0 saturated carbocycles. The molecule has 2 amide bonds. The van der Waals surface area contributed by atoms with Gasteiger partial charge in [0.25, 0.3) is 5.91 Å². The lowest BCUT2D eigenvalue weighted by atomic mass is 9.94. The number of aromatic nitrogens is 3. The van der Waals surface area contributed by atoms with Crippen LogP contribution in [-0.2, 0) is 4.79 Å². The average Bonchev–Trinajstić information content (AvgIpc) is 3.66.